The average Bonchev–Trinajstić information content (AvgIpc) is 2.79. The van der Waals surface area contributed by atoms with Gasteiger partial charge in [0.25, 0.3) is 11.8 Å². The summed E-state index contributed by atoms with van der Waals surface area (Å²) in [6.07, 6.45) is 0. The van der Waals surface area contributed by atoms with Crippen LogP contribution in [-0.4, -0.2) is 18.4 Å². The normalized spacial score (nSPS) is 10.6. The van der Waals surface area contributed by atoms with E-state index in [-0.39, 0.29) is 18.2 Å². The molecule has 0 heterocycles. The number of hydrogen-bond donors (Lipinski definition) is 2. The molecule has 0 aliphatic rings. The van der Waals surface area contributed by atoms with E-state index in [4.69, 9.17) is 4.74 Å². The fourth-order valence-electron chi connectivity index (χ4n) is 3.41. The molecule has 6 heteroatoms. The Bertz CT molecular complexity index is 1300. The van der Waals surface area contributed by atoms with Gasteiger partial charge in [-0.25, -0.2) is 4.39 Å². The summed E-state index contributed by atoms with van der Waals surface area (Å²) in [7, 11) is 0. The highest BCUT2D eigenvalue weighted by Crippen LogP contribution is 2.29. The Labute approximate surface area is 184 Å². The van der Waals surface area contributed by atoms with E-state index in [9.17, 15) is 14.0 Å². The van der Waals surface area contributed by atoms with Crippen LogP contribution in [0.25, 0.3) is 10.8 Å². The van der Waals surface area contributed by atoms with Crippen molar-refractivity contribution in [3.05, 3.63) is 102 Å². The minimum absolute atomic E-state index is 0.0918. The van der Waals surface area contributed by atoms with Crippen molar-refractivity contribution in [3.8, 4) is 5.75 Å². The molecular formula is C26H21FN2O3. The quantitative estimate of drug-likeness (QED) is 0.423. The third-order valence-corrected chi connectivity index (χ3v) is 4.91. The molecule has 0 bridgehead atoms. The molecule has 0 spiro atoms. The van der Waals surface area contributed by atoms with Gasteiger partial charge in [-0.15, -0.1) is 0 Å². The Morgan fingerprint density at radius 3 is 2.38 bits per heavy atom. The van der Waals surface area contributed by atoms with Crippen molar-refractivity contribution in [2.75, 3.05) is 17.2 Å². The van der Waals surface area contributed by atoms with E-state index in [2.05, 4.69) is 10.6 Å². The van der Waals surface area contributed by atoms with Crippen LogP contribution in [0, 0.1) is 12.7 Å². The predicted molar refractivity (Wildman–Crippen MR) is 124 cm³/mol. The topological polar surface area (TPSA) is 67.4 Å². The molecule has 0 aromatic heterocycles. The molecule has 4 rings (SSSR count). The van der Waals surface area contributed by atoms with Crippen molar-refractivity contribution in [2.24, 2.45) is 0 Å². The SMILES string of the molecule is Cc1cccc(NC(=O)c2ccc(OCC(=O)Nc3ccccc3F)c3ccccc23)c1. The zero-order valence-electron chi connectivity index (χ0n) is 17.4. The number of fused-ring (bicyclic) bond motifs is 1. The van der Waals surface area contributed by atoms with Crippen LogP contribution < -0.4 is 15.4 Å². The van der Waals surface area contributed by atoms with Gasteiger partial charge in [-0.1, -0.05) is 48.5 Å². The van der Waals surface area contributed by atoms with E-state index in [1.807, 2.05) is 55.5 Å². The minimum atomic E-state index is -0.518. The van der Waals surface area contributed by atoms with Crippen molar-refractivity contribution >= 4 is 34.0 Å². The van der Waals surface area contributed by atoms with Gasteiger partial charge in [-0.3, -0.25) is 9.59 Å². The second-order valence-electron chi connectivity index (χ2n) is 7.30. The van der Waals surface area contributed by atoms with Crippen molar-refractivity contribution in [1.29, 1.82) is 0 Å². The minimum Gasteiger partial charge on any atom is -0.483 e. The Hall–Kier alpha value is -4.19. The van der Waals surface area contributed by atoms with Crippen LogP contribution in [-0.2, 0) is 4.79 Å². The number of hydrogen-bond acceptors (Lipinski definition) is 3. The molecule has 5 nitrogen and oxygen atoms in total. The number of ether oxygens (including phenoxy) is 1. The Morgan fingerprint density at radius 1 is 0.844 bits per heavy atom. The lowest BCUT2D eigenvalue weighted by Gasteiger charge is -2.13. The molecule has 2 amide bonds. The first-order chi connectivity index (χ1) is 15.5. The number of halogens is 1. The van der Waals surface area contributed by atoms with E-state index in [1.54, 1.807) is 24.3 Å². The Kier molecular flexibility index (Phi) is 6.12. The molecule has 160 valence electrons. The summed E-state index contributed by atoms with van der Waals surface area (Å²) in [5.74, 6) is -0.789. The summed E-state index contributed by atoms with van der Waals surface area (Å²) < 4.78 is 19.4. The molecule has 4 aromatic carbocycles. The molecule has 0 saturated heterocycles. The first-order valence-electron chi connectivity index (χ1n) is 10.1. The number of benzene rings is 4. The zero-order chi connectivity index (χ0) is 22.5. The summed E-state index contributed by atoms with van der Waals surface area (Å²) in [4.78, 5) is 25.1. The van der Waals surface area contributed by atoms with Gasteiger partial charge >= 0.3 is 0 Å². The molecule has 0 aliphatic heterocycles. The predicted octanol–water partition coefficient (Wildman–Crippen LogP) is 5.56. The number of amides is 2. The summed E-state index contributed by atoms with van der Waals surface area (Å²) in [5.41, 5.74) is 2.34. The van der Waals surface area contributed by atoms with Crippen LogP contribution in [0.4, 0.5) is 15.8 Å². The monoisotopic (exact) mass is 428 g/mol. The molecular weight excluding hydrogens is 407 g/mol. The average molecular weight is 428 g/mol. The molecule has 2 N–H and O–H groups in total. The molecule has 4 aromatic rings. The highest BCUT2D eigenvalue weighted by Gasteiger charge is 2.15. The standard InChI is InChI=1S/C26H21FN2O3/c1-17-7-6-8-18(15-17)28-26(31)21-13-14-24(20-10-3-2-9-19(20)21)32-16-25(30)29-23-12-5-4-11-22(23)27/h2-15H,16H2,1H3,(H,28,31)(H,29,30). The van der Waals surface area contributed by atoms with Gasteiger partial charge in [-0.05, 0) is 54.3 Å². The molecule has 0 unspecified atom stereocenters. The van der Waals surface area contributed by atoms with Gasteiger partial charge in [0.1, 0.15) is 11.6 Å². The first kappa shape index (κ1) is 21.1. The Balaban J connectivity index is 1.52. The van der Waals surface area contributed by atoms with E-state index in [0.29, 0.717) is 27.8 Å². The largest absolute Gasteiger partial charge is 0.483 e. The Morgan fingerprint density at radius 2 is 1.59 bits per heavy atom. The second kappa shape index (κ2) is 9.31. The van der Waals surface area contributed by atoms with Gasteiger partial charge in [-0.2, -0.15) is 0 Å². The van der Waals surface area contributed by atoms with E-state index in [1.165, 1.54) is 12.1 Å². The lowest BCUT2D eigenvalue weighted by Crippen LogP contribution is -2.21. The van der Waals surface area contributed by atoms with Gasteiger partial charge in [0.15, 0.2) is 6.61 Å². The third kappa shape index (κ3) is 4.75. The molecule has 0 radical (unpaired) electrons. The number of para-hydroxylation sites is 1. The lowest BCUT2D eigenvalue weighted by atomic mass is 10.0. The van der Waals surface area contributed by atoms with Crippen LogP contribution in [0.3, 0.4) is 0 Å². The number of carbonyl (C=O) groups excluding carboxylic acids is 2. The van der Waals surface area contributed by atoms with Gasteiger partial charge in [0.05, 0.1) is 5.69 Å². The van der Waals surface area contributed by atoms with Crippen LogP contribution in [0.1, 0.15) is 15.9 Å². The number of rotatable bonds is 6. The fourth-order valence-corrected chi connectivity index (χ4v) is 3.41. The number of anilines is 2. The molecule has 0 aliphatic carbocycles. The summed E-state index contributed by atoms with van der Waals surface area (Å²) in [6.45, 7) is 1.66. The van der Waals surface area contributed by atoms with Gasteiger partial charge in [0, 0.05) is 16.6 Å². The molecule has 0 atom stereocenters. The van der Waals surface area contributed by atoms with Crippen molar-refractivity contribution in [3.63, 3.8) is 0 Å². The van der Waals surface area contributed by atoms with Crippen molar-refractivity contribution in [2.45, 2.75) is 6.92 Å². The van der Waals surface area contributed by atoms with Crippen LogP contribution in [0.5, 0.6) is 5.75 Å². The van der Waals surface area contributed by atoms with Crippen LogP contribution >= 0.6 is 0 Å². The number of aryl methyl sites for hydroxylation is 1. The van der Waals surface area contributed by atoms with Gasteiger partial charge in [0.2, 0.25) is 0 Å². The van der Waals surface area contributed by atoms with Crippen molar-refractivity contribution < 1.29 is 18.7 Å². The third-order valence-electron chi connectivity index (χ3n) is 4.91. The summed E-state index contributed by atoms with van der Waals surface area (Å²) in [6, 6.07) is 24.1. The highest BCUT2D eigenvalue weighted by atomic mass is 19.1. The highest BCUT2D eigenvalue weighted by molar-refractivity contribution is 6.14. The zero-order valence-corrected chi connectivity index (χ0v) is 17.4. The lowest BCUT2D eigenvalue weighted by molar-refractivity contribution is -0.118. The van der Waals surface area contributed by atoms with Crippen LogP contribution in [0.15, 0.2) is 84.9 Å². The number of nitrogens with one attached hydrogen (secondary N) is 2. The van der Waals surface area contributed by atoms with E-state index < -0.39 is 11.7 Å². The second-order valence-corrected chi connectivity index (χ2v) is 7.30. The maximum absolute atomic E-state index is 13.7. The number of carbonyl (C=O) groups is 2. The molecule has 32 heavy (non-hydrogen) atoms. The van der Waals surface area contributed by atoms with Crippen LogP contribution in [0.2, 0.25) is 0 Å². The first-order valence-corrected chi connectivity index (χ1v) is 10.1. The van der Waals surface area contributed by atoms with Crippen molar-refractivity contribution in [1.82, 2.24) is 0 Å². The summed E-state index contributed by atoms with van der Waals surface area (Å²) in [5, 5.41) is 6.80. The maximum Gasteiger partial charge on any atom is 0.262 e. The molecule has 0 saturated carbocycles. The van der Waals surface area contributed by atoms with Gasteiger partial charge < -0.3 is 15.4 Å². The fraction of sp³-hybridized carbons (Fsp3) is 0.0769. The smallest absolute Gasteiger partial charge is 0.262 e. The summed E-state index contributed by atoms with van der Waals surface area (Å²) >= 11 is 0. The maximum atomic E-state index is 13.7. The van der Waals surface area contributed by atoms with E-state index in [0.717, 1.165) is 5.56 Å². The van der Waals surface area contributed by atoms with E-state index >= 15 is 0 Å². The molecule has 0 fully saturated rings.